The standard InChI is InChI=1S/C13H20F2N2O/c1-16-5-7-17(2)6-4-10-8-12(15)13(18-3)9-11(10)14/h8-9,16H,4-7H2,1-3H3. The molecule has 5 heteroatoms. The summed E-state index contributed by atoms with van der Waals surface area (Å²) >= 11 is 0. The molecular formula is C13H20F2N2O. The van der Waals surface area contributed by atoms with Gasteiger partial charge in [-0.3, -0.25) is 0 Å². The molecule has 0 aromatic heterocycles. The molecule has 0 saturated heterocycles. The third kappa shape index (κ3) is 4.23. The first kappa shape index (κ1) is 14.9. The van der Waals surface area contributed by atoms with Gasteiger partial charge in [-0.05, 0) is 32.1 Å². The van der Waals surface area contributed by atoms with E-state index in [1.807, 2.05) is 14.1 Å². The lowest BCUT2D eigenvalue weighted by molar-refractivity contribution is 0.336. The Kier molecular flexibility index (Phi) is 6.01. The van der Waals surface area contributed by atoms with Crippen LogP contribution in [-0.2, 0) is 6.42 Å². The van der Waals surface area contributed by atoms with Crippen LogP contribution in [0.2, 0.25) is 0 Å². The summed E-state index contributed by atoms with van der Waals surface area (Å²) in [5, 5.41) is 3.04. The second-order valence-corrected chi connectivity index (χ2v) is 4.23. The van der Waals surface area contributed by atoms with E-state index in [4.69, 9.17) is 4.74 Å². The fourth-order valence-corrected chi connectivity index (χ4v) is 1.64. The van der Waals surface area contributed by atoms with Crippen LogP contribution in [0, 0.1) is 11.6 Å². The molecule has 0 bridgehead atoms. The molecule has 0 atom stereocenters. The summed E-state index contributed by atoms with van der Waals surface area (Å²) in [6.45, 7) is 2.43. The Balaban J connectivity index is 2.59. The third-order valence-electron chi connectivity index (χ3n) is 2.83. The Morgan fingerprint density at radius 3 is 2.56 bits per heavy atom. The summed E-state index contributed by atoms with van der Waals surface area (Å²) in [5.41, 5.74) is 0.379. The number of ether oxygens (including phenoxy) is 1. The minimum absolute atomic E-state index is 0.0558. The van der Waals surface area contributed by atoms with E-state index in [1.165, 1.54) is 13.2 Å². The molecule has 102 valence electrons. The van der Waals surface area contributed by atoms with Gasteiger partial charge in [-0.25, -0.2) is 8.78 Å². The number of halogens is 2. The van der Waals surface area contributed by atoms with Crippen molar-refractivity contribution < 1.29 is 13.5 Å². The first-order chi connectivity index (χ1) is 8.58. The van der Waals surface area contributed by atoms with Gasteiger partial charge in [0, 0.05) is 25.7 Å². The van der Waals surface area contributed by atoms with Gasteiger partial charge >= 0.3 is 0 Å². The quantitative estimate of drug-likeness (QED) is 0.805. The lowest BCUT2D eigenvalue weighted by atomic mass is 10.1. The second kappa shape index (κ2) is 7.28. The van der Waals surface area contributed by atoms with Gasteiger partial charge in [0.25, 0.3) is 0 Å². The highest BCUT2D eigenvalue weighted by Gasteiger charge is 2.10. The lowest BCUT2D eigenvalue weighted by Crippen LogP contribution is -2.29. The van der Waals surface area contributed by atoms with Gasteiger partial charge in [0.2, 0.25) is 0 Å². The predicted octanol–water partition coefficient (Wildman–Crippen LogP) is 1.67. The topological polar surface area (TPSA) is 24.5 Å². The highest BCUT2D eigenvalue weighted by molar-refractivity contribution is 5.31. The summed E-state index contributed by atoms with van der Waals surface area (Å²) in [6, 6.07) is 2.30. The van der Waals surface area contributed by atoms with Crippen molar-refractivity contribution >= 4 is 0 Å². The van der Waals surface area contributed by atoms with Crippen molar-refractivity contribution in [2.24, 2.45) is 0 Å². The number of benzene rings is 1. The van der Waals surface area contributed by atoms with Crippen molar-refractivity contribution in [3.05, 3.63) is 29.3 Å². The van der Waals surface area contributed by atoms with Crippen LogP contribution in [-0.4, -0.2) is 45.7 Å². The minimum Gasteiger partial charge on any atom is -0.494 e. The van der Waals surface area contributed by atoms with Gasteiger partial charge in [-0.15, -0.1) is 0 Å². The molecule has 0 aliphatic rings. The van der Waals surface area contributed by atoms with Crippen LogP contribution in [0.1, 0.15) is 5.56 Å². The molecule has 0 radical (unpaired) electrons. The molecule has 1 N–H and O–H groups in total. The van der Waals surface area contributed by atoms with Gasteiger partial charge in [0.1, 0.15) is 5.82 Å². The number of methoxy groups -OCH3 is 1. The smallest absolute Gasteiger partial charge is 0.165 e. The Morgan fingerprint density at radius 1 is 1.22 bits per heavy atom. The molecule has 0 unspecified atom stereocenters. The van der Waals surface area contributed by atoms with E-state index in [0.717, 1.165) is 19.2 Å². The lowest BCUT2D eigenvalue weighted by Gasteiger charge is -2.16. The average molecular weight is 258 g/mol. The molecule has 1 rings (SSSR count). The summed E-state index contributed by atoms with van der Waals surface area (Å²) < 4.78 is 31.8. The summed E-state index contributed by atoms with van der Waals surface area (Å²) in [6.07, 6.45) is 0.479. The van der Waals surface area contributed by atoms with Crippen molar-refractivity contribution in [2.45, 2.75) is 6.42 Å². The monoisotopic (exact) mass is 258 g/mol. The number of likely N-dealkylation sites (N-methyl/N-ethyl adjacent to an activating group) is 2. The highest BCUT2D eigenvalue weighted by Crippen LogP contribution is 2.21. The van der Waals surface area contributed by atoms with Crippen LogP contribution < -0.4 is 10.1 Å². The molecule has 0 fully saturated rings. The van der Waals surface area contributed by atoms with Crippen molar-refractivity contribution in [3.8, 4) is 5.75 Å². The van der Waals surface area contributed by atoms with E-state index < -0.39 is 11.6 Å². The van der Waals surface area contributed by atoms with Crippen LogP contribution >= 0.6 is 0 Å². The van der Waals surface area contributed by atoms with Gasteiger partial charge in [-0.1, -0.05) is 0 Å². The second-order valence-electron chi connectivity index (χ2n) is 4.23. The number of nitrogens with one attached hydrogen (secondary N) is 1. The molecule has 18 heavy (non-hydrogen) atoms. The number of hydrogen-bond donors (Lipinski definition) is 1. The van der Waals surface area contributed by atoms with Crippen LogP contribution in [0.25, 0.3) is 0 Å². The Labute approximate surface area is 107 Å². The maximum Gasteiger partial charge on any atom is 0.165 e. The Hall–Kier alpha value is -1.20. The van der Waals surface area contributed by atoms with E-state index in [0.29, 0.717) is 18.5 Å². The van der Waals surface area contributed by atoms with E-state index in [-0.39, 0.29) is 5.75 Å². The van der Waals surface area contributed by atoms with E-state index in [1.54, 1.807) is 0 Å². The SMILES string of the molecule is CNCCN(C)CCc1cc(F)c(OC)cc1F. The fourth-order valence-electron chi connectivity index (χ4n) is 1.64. The van der Waals surface area contributed by atoms with Crippen molar-refractivity contribution in [1.82, 2.24) is 10.2 Å². The zero-order valence-corrected chi connectivity index (χ0v) is 11.1. The highest BCUT2D eigenvalue weighted by atomic mass is 19.1. The first-order valence-corrected chi connectivity index (χ1v) is 5.93. The fraction of sp³-hybridized carbons (Fsp3) is 0.538. The van der Waals surface area contributed by atoms with E-state index in [2.05, 4.69) is 10.2 Å². The van der Waals surface area contributed by atoms with E-state index in [9.17, 15) is 8.78 Å². The maximum absolute atomic E-state index is 13.6. The summed E-state index contributed by atoms with van der Waals surface area (Å²) in [7, 11) is 5.16. The van der Waals surface area contributed by atoms with Crippen LogP contribution in [0.3, 0.4) is 0 Å². The van der Waals surface area contributed by atoms with Crippen LogP contribution in [0.4, 0.5) is 8.78 Å². The predicted molar refractivity (Wildman–Crippen MR) is 68.0 cm³/mol. The van der Waals surface area contributed by atoms with Gasteiger partial charge in [0.15, 0.2) is 11.6 Å². The number of rotatable bonds is 7. The largest absolute Gasteiger partial charge is 0.494 e. The first-order valence-electron chi connectivity index (χ1n) is 5.93. The van der Waals surface area contributed by atoms with Gasteiger partial charge < -0.3 is 15.0 Å². The maximum atomic E-state index is 13.6. The molecular weight excluding hydrogens is 238 g/mol. The summed E-state index contributed by atoms with van der Waals surface area (Å²) in [4.78, 5) is 2.07. The normalized spacial score (nSPS) is 11.0. The summed E-state index contributed by atoms with van der Waals surface area (Å²) in [5.74, 6) is -0.998. The zero-order valence-electron chi connectivity index (χ0n) is 11.1. The Bertz CT molecular complexity index is 385. The molecule has 1 aromatic rings. The van der Waals surface area contributed by atoms with Crippen LogP contribution in [0.15, 0.2) is 12.1 Å². The number of nitrogens with zero attached hydrogens (tertiary/aromatic N) is 1. The average Bonchev–Trinajstić information content (AvgIpc) is 2.36. The molecule has 1 aromatic carbocycles. The molecule has 0 heterocycles. The van der Waals surface area contributed by atoms with Crippen molar-refractivity contribution in [3.63, 3.8) is 0 Å². The zero-order chi connectivity index (χ0) is 13.5. The van der Waals surface area contributed by atoms with Crippen molar-refractivity contribution in [1.29, 1.82) is 0 Å². The minimum atomic E-state index is -0.522. The van der Waals surface area contributed by atoms with E-state index >= 15 is 0 Å². The molecule has 0 aliphatic heterocycles. The Morgan fingerprint density at radius 2 is 1.94 bits per heavy atom. The van der Waals surface area contributed by atoms with Gasteiger partial charge in [0.05, 0.1) is 7.11 Å². The molecule has 0 spiro atoms. The molecule has 0 aliphatic carbocycles. The number of hydrogen-bond acceptors (Lipinski definition) is 3. The van der Waals surface area contributed by atoms with Gasteiger partial charge in [-0.2, -0.15) is 0 Å². The molecule has 0 saturated carbocycles. The van der Waals surface area contributed by atoms with Crippen LogP contribution in [0.5, 0.6) is 5.75 Å². The molecule has 0 amide bonds. The molecule has 3 nitrogen and oxygen atoms in total. The third-order valence-corrected chi connectivity index (χ3v) is 2.83. The van der Waals surface area contributed by atoms with Crippen molar-refractivity contribution in [2.75, 3.05) is 40.8 Å².